The quantitative estimate of drug-likeness (QED) is 0.350. The number of hydrogen-bond donors (Lipinski definition) is 3. The maximum Gasteiger partial charge on any atom is 0.407 e. The fraction of sp³-hybridized carbons (Fsp3) is 0.222. The van der Waals surface area contributed by atoms with Gasteiger partial charge in [-0.1, -0.05) is 60.1 Å². The third-order valence-corrected chi connectivity index (χ3v) is 7.18. The summed E-state index contributed by atoms with van der Waals surface area (Å²) in [5.74, 6) is -1.58. The number of carboxylic acids is 1. The van der Waals surface area contributed by atoms with Crippen molar-refractivity contribution in [2.45, 2.75) is 18.9 Å². The van der Waals surface area contributed by atoms with E-state index in [9.17, 15) is 19.5 Å². The number of alkyl carbamates (subject to hydrolysis) is 1. The maximum absolute atomic E-state index is 12.4. The summed E-state index contributed by atoms with van der Waals surface area (Å²) in [5.41, 5.74) is 5.80. The number of fused-ring (bicyclic) bond motifs is 3. The number of aryl methyl sites for hydroxylation is 1. The number of benzene rings is 3. The molecule has 0 saturated heterocycles. The van der Waals surface area contributed by atoms with E-state index in [2.05, 4.69) is 10.6 Å². The SMILES string of the molecule is Cc1cc(Cl)ccc1NC(=O)CSCC(NC(=O)OCC1c2ccccc2-c2ccccc21)C(=O)O. The zero-order valence-electron chi connectivity index (χ0n) is 19.5. The van der Waals surface area contributed by atoms with E-state index in [0.29, 0.717) is 10.7 Å². The summed E-state index contributed by atoms with van der Waals surface area (Å²) in [6.07, 6.45) is -0.814. The lowest BCUT2D eigenvalue weighted by atomic mass is 9.98. The van der Waals surface area contributed by atoms with Gasteiger partial charge in [-0.25, -0.2) is 9.59 Å². The highest BCUT2D eigenvalue weighted by Gasteiger charge is 2.29. The van der Waals surface area contributed by atoms with Crippen molar-refractivity contribution in [3.05, 3.63) is 88.4 Å². The van der Waals surface area contributed by atoms with Gasteiger partial charge in [-0.05, 0) is 52.9 Å². The molecular formula is C27H25ClN2O5S. The number of rotatable bonds is 9. The molecule has 0 aliphatic heterocycles. The molecule has 1 atom stereocenters. The Labute approximate surface area is 218 Å². The van der Waals surface area contributed by atoms with E-state index in [1.807, 2.05) is 55.5 Å². The highest BCUT2D eigenvalue weighted by molar-refractivity contribution is 8.00. The summed E-state index contributed by atoms with van der Waals surface area (Å²) in [6.45, 7) is 1.91. The Balaban J connectivity index is 1.28. The number of halogens is 1. The van der Waals surface area contributed by atoms with Crippen molar-refractivity contribution >= 4 is 47.0 Å². The number of ether oxygens (including phenoxy) is 1. The van der Waals surface area contributed by atoms with Gasteiger partial charge in [-0.3, -0.25) is 4.79 Å². The highest BCUT2D eigenvalue weighted by atomic mass is 35.5. The first kappa shape index (κ1) is 25.6. The van der Waals surface area contributed by atoms with E-state index in [-0.39, 0.29) is 29.9 Å². The average molecular weight is 525 g/mol. The molecule has 3 N–H and O–H groups in total. The van der Waals surface area contributed by atoms with E-state index < -0.39 is 18.1 Å². The van der Waals surface area contributed by atoms with Gasteiger partial charge in [0.25, 0.3) is 0 Å². The minimum Gasteiger partial charge on any atom is -0.480 e. The number of aliphatic carboxylic acids is 1. The fourth-order valence-electron chi connectivity index (χ4n) is 4.18. The van der Waals surface area contributed by atoms with Crippen molar-refractivity contribution in [1.29, 1.82) is 0 Å². The van der Waals surface area contributed by atoms with Gasteiger partial charge >= 0.3 is 12.1 Å². The van der Waals surface area contributed by atoms with Gasteiger partial charge in [0, 0.05) is 22.4 Å². The average Bonchev–Trinajstić information content (AvgIpc) is 3.17. The number of anilines is 1. The van der Waals surface area contributed by atoms with E-state index >= 15 is 0 Å². The summed E-state index contributed by atoms with van der Waals surface area (Å²) >= 11 is 7.03. The monoisotopic (exact) mass is 524 g/mol. The molecule has 0 bridgehead atoms. The summed E-state index contributed by atoms with van der Waals surface area (Å²) in [4.78, 5) is 36.4. The van der Waals surface area contributed by atoms with Gasteiger partial charge in [0.2, 0.25) is 5.91 Å². The minimum atomic E-state index is -1.20. The number of carboxylic acid groups (broad SMARTS) is 1. The third-order valence-electron chi connectivity index (χ3n) is 5.91. The minimum absolute atomic E-state index is 0.00650. The van der Waals surface area contributed by atoms with Crippen LogP contribution >= 0.6 is 23.4 Å². The molecule has 3 aromatic rings. The van der Waals surface area contributed by atoms with Gasteiger partial charge in [0.15, 0.2) is 0 Å². The Kier molecular flexibility index (Phi) is 8.18. The molecule has 0 fully saturated rings. The van der Waals surface area contributed by atoms with Crippen molar-refractivity contribution in [3.8, 4) is 11.1 Å². The summed E-state index contributed by atoms with van der Waals surface area (Å²) < 4.78 is 5.44. The molecule has 9 heteroatoms. The first-order chi connectivity index (χ1) is 17.3. The van der Waals surface area contributed by atoms with Gasteiger partial charge in [0.1, 0.15) is 12.6 Å². The zero-order chi connectivity index (χ0) is 25.7. The molecule has 1 aliphatic carbocycles. The lowest BCUT2D eigenvalue weighted by Crippen LogP contribution is -2.43. The van der Waals surface area contributed by atoms with Crippen LogP contribution in [-0.2, 0) is 14.3 Å². The second kappa shape index (κ2) is 11.5. The maximum atomic E-state index is 12.4. The molecule has 186 valence electrons. The summed E-state index contributed by atoms with van der Waals surface area (Å²) in [5, 5.41) is 15.3. The van der Waals surface area contributed by atoms with Crippen LogP contribution in [0.1, 0.15) is 22.6 Å². The molecule has 7 nitrogen and oxygen atoms in total. The van der Waals surface area contributed by atoms with E-state index in [0.717, 1.165) is 39.6 Å². The molecule has 2 amide bonds. The number of carbonyl (C=O) groups is 3. The number of hydrogen-bond acceptors (Lipinski definition) is 5. The van der Waals surface area contributed by atoms with Crippen LogP contribution in [0.25, 0.3) is 11.1 Å². The number of thioether (sulfide) groups is 1. The molecule has 0 spiro atoms. The van der Waals surface area contributed by atoms with Crippen molar-refractivity contribution in [3.63, 3.8) is 0 Å². The van der Waals surface area contributed by atoms with E-state index in [1.54, 1.807) is 18.2 Å². The Morgan fingerprint density at radius 3 is 2.28 bits per heavy atom. The van der Waals surface area contributed by atoms with Crippen LogP contribution < -0.4 is 10.6 Å². The summed E-state index contributed by atoms with van der Waals surface area (Å²) in [6, 6.07) is 19.8. The van der Waals surface area contributed by atoms with Crippen LogP contribution in [0, 0.1) is 6.92 Å². The van der Waals surface area contributed by atoms with Crippen molar-refractivity contribution in [2.75, 3.05) is 23.4 Å². The second-order valence-corrected chi connectivity index (χ2v) is 9.85. The molecular weight excluding hydrogens is 500 g/mol. The van der Waals surface area contributed by atoms with Crippen LogP contribution in [0.4, 0.5) is 10.5 Å². The lowest BCUT2D eigenvalue weighted by Gasteiger charge is -2.17. The molecule has 0 saturated carbocycles. The molecule has 1 aliphatic rings. The van der Waals surface area contributed by atoms with Gasteiger partial charge in [-0.2, -0.15) is 0 Å². The van der Waals surface area contributed by atoms with Crippen LogP contribution in [0.3, 0.4) is 0 Å². The number of amides is 2. The fourth-order valence-corrected chi connectivity index (χ4v) is 5.24. The normalized spacial score (nSPS) is 12.8. The van der Waals surface area contributed by atoms with Crippen LogP contribution in [0.15, 0.2) is 66.7 Å². The molecule has 0 aromatic heterocycles. The molecule has 36 heavy (non-hydrogen) atoms. The number of carbonyl (C=O) groups excluding carboxylic acids is 2. The molecule has 0 heterocycles. The van der Waals surface area contributed by atoms with Gasteiger partial charge < -0.3 is 20.5 Å². The summed E-state index contributed by atoms with van der Waals surface area (Å²) in [7, 11) is 0. The molecule has 4 rings (SSSR count). The van der Waals surface area contributed by atoms with Gasteiger partial charge in [-0.15, -0.1) is 11.8 Å². The Morgan fingerprint density at radius 1 is 1.03 bits per heavy atom. The first-order valence-corrected chi connectivity index (χ1v) is 12.8. The second-order valence-electron chi connectivity index (χ2n) is 8.38. The lowest BCUT2D eigenvalue weighted by molar-refractivity contribution is -0.138. The third kappa shape index (κ3) is 6.01. The Hall–Kier alpha value is -3.49. The van der Waals surface area contributed by atoms with Crippen molar-refractivity contribution in [1.82, 2.24) is 5.32 Å². The highest BCUT2D eigenvalue weighted by Crippen LogP contribution is 2.44. The molecule has 1 unspecified atom stereocenters. The molecule has 0 radical (unpaired) electrons. The zero-order valence-corrected chi connectivity index (χ0v) is 21.1. The van der Waals surface area contributed by atoms with Crippen LogP contribution in [0.2, 0.25) is 5.02 Å². The number of nitrogens with one attached hydrogen (secondary N) is 2. The standard InChI is InChI=1S/C27H25ClN2O5S/c1-16-12-17(28)10-11-23(16)29-25(31)15-36-14-24(26(32)33)30-27(34)35-13-22-20-8-4-2-6-18(20)19-7-3-5-9-21(19)22/h2-12,22,24H,13-15H2,1H3,(H,29,31)(H,30,34)(H,32,33). The predicted molar refractivity (Wildman–Crippen MR) is 142 cm³/mol. The first-order valence-electron chi connectivity index (χ1n) is 11.3. The predicted octanol–water partition coefficient (Wildman–Crippen LogP) is 5.31. The van der Waals surface area contributed by atoms with E-state index in [4.69, 9.17) is 16.3 Å². The largest absolute Gasteiger partial charge is 0.480 e. The Morgan fingerprint density at radius 2 is 1.67 bits per heavy atom. The topological polar surface area (TPSA) is 105 Å². The van der Waals surface area contributed by atoms with Crippen LogP contribution in [0.5, 0.6) is 0 Å². The smallest absolute Gasteiger partial charge is 0.407 e. The Bertz CT molecular complexity index is 1250. The molecule has 3 aromatic carbocycles. The van der Waals surface area contributed by atoms with Crippen molar-refractivity contribution < 1.29 is 24.2 Å². The van der Waals surface area contributed by atoms with E-state index in [1.165, 1.54) is 0 Å². The van der Waals surface area contributed by atoms with Gasteiger partial charge in [0.05, 0.1) is 5.75 Å². The van der Waals surface area contributed by atoms with Crippen LogP contribution in [-0.4, -0.2) is 47.2 Å². The van der Waals surface area contributed by atoms with Crippen molar-refractivity contribution in [2.24, 2.45) is 0 Å².